The van der Waals surface area contributed by atoms with E-state index >= 15 is 0 Å². The molecule has 4 unspecified atom stereocenters. The number of rotatable bonds is 5. The van der Waals surface area contributed by atoms with E-state index in [-0.39, 0.29) is 0 Å². The second-order valence-electron chi connectivity index (χ2n) is 5.47. The summed E-state index contributed by atoms with van der Waals surface area (Å²) in [6, 6.07) is 0.737. The molecule has 0 saturated heterocycles. The molecule has 2 heteroatoms. The Balaban J connectivity index is 2.20. The third-order valence-electron chi connectivity index (χ3n) is 3.61. The minimum Gasteiger partial charge on any atom is -0.384 e. The summed E-state index contributed by atoms with van der Waals surface area (Å²) in [6.45, 7) is 8.96. The molecule has 2 nitrogen and oxygen atoms in total. The predicted molar refractivity (Wildman–Crippen MR) is 65.0 cm³/mol. The fourth-order valence-corrected chi connectivity index (χ4v) is 2.66. The summed E-state index contributed by atoms with van der Waals surface area (Å²) in [5.74, 6) is 2.39. The van der Waals surface area contributed by atoms with Crippen molar-refractivity contribution in [1.82, 2.24) is 5.32 Å². The molecule has 0 bridgehead atoms. The zero-order valence-electron chi connectivity index (χ0n) is 10.8. The van der Waals surface area contributed by atoms with Gasteiger partial charge in [0.15, 0.2) is 0 Å². The van der Waals surface area contributed by atoms with Crippen molar-refractivity contribution in [2.45, 2.75) is 46.1 Å². The Morgan fingerprint density at radius 3 is 2.67 bits per heavy atom. The molecule has 0 amide bonds. The van der Waals surface area contributed by atoms with Gasteiger partial charge in [-0.3, -0.25) is 0 Å². The molecule has 0 aliphatic heterocycles. The van der Waals surface area contributed by atoms with E-state index in [0.29, 0.717) is 5.92 Å². The van der Waals surface area contributed by atoms with Gasteiger partial charge in [-0.05, 0) is 37.0 Å². The molecule has 1 N–H and O–H groups in total. The lowest BCUT2D eigenvalue weighted by atomic mass is 9.80. The smallest absolute Gasteiger partial charge is 0.0499 e. The number of methoxy groups -OCH3 is 1. The summed E-state index contributed by atoms with van der Waals surface area (Å²) in [5.41, 5.74) is 0. The molecule has 1 saturated carbocycles. The first kappa shape index (κ1) is 13.0. The zero-order chi connectivity index (χ0) is 11.3. The van der Waals surface area contributed by atoms with Crippen molar-refractivity contribution in [3.05, 3.63) is 0 Å². The van der Waals surface area contributed by atoms with Gasteiger partial charge in [-0.2, -0.15) is 0 Å². The van der Waals surface area contributed by atoms with E-state index in [4.69, 9.17) is 4.74 Å². The summed E-state index contributed by atoms with van der Waals surface area (Å²) in [4.78, 5) is 0. The molecule has 0 spiro atoms. The Kier molecular flexibility index (Phi) is 5.62. The van der Waals surface area contributed by atoms with Crippen LogP contribution in [0, 0.1) is 17.8 Å². The fourth-order valence-electron chi connectivity index (χ4n) is 2.66. The van der Waals surface area contributed by atoms with Crippen molar-refractivity contribution in [2.24, 2.45) is 17.8 Å². The third-order valence-corrected chi connectivity index (χ3v) is 3.61. The lowest BCUT2D eigenvalue weighted by Gasteiger charge is -2.34. The van der Waals surface area contributed by atoms with Gasteiger partial charge >= 0.3 is 0 Å². The number of hydrogen-bond donors (Lipinski definition) is 1. The highest BCUT2D eigenvalue weighted by Crippen LogP contribution is 2.28. The van der Waals surface area contributed by atoms with Crippen molar-refractivity contribution < 1.29 is 4.74 Å². The first-order chi connectivity index (χ1) is 7.13. The Hall–Kier alpha value is -0.0800. The minimum atomic E-state index is 0.626. The molecule has 1 aliphatic carbocycles. The van der Waals surface area contributed by atoms with E-state index in [9.17, 15) is 0 Å². The van der Waals surface area contributed by atoms with Crippen molar-refractivity contribution >= 4 is 0 Å². The first-order valence-electron chi connectivity index (χ1n) is 6.35. The van der Waals surface area contributed by atoms with Crippen LogP contribution in [-0.2, 0) is 4.74 Å². The maximum atomic E-state index is 5.15. The zero-order valence-corrected chi connectivity index (χ0v) is 10.8. The quantitative estimate of drug-likeness (QED) is 0.758. The van der Waals surface area contributed by atoms with Crippen LogP contribution in [-0.4, -0.2) is 26.3 Å². The molecular weight excluding hydrogens is 186 g/mol. The van der Waals surface area contributed by atoms with Gasteiger partial charge in [0.25, 0.3) is 0 Å². The molecule has 0 aromatic heterocycles. The van der Waals surface area contributed by atoms with E-state index in [1.54, 1.807) is 7.11 Å². The number of ether oxygens (including phenoxy) is 1. The van der Waals surface area contributed by atoms with Gasteiger partial charge in [0, 0.05) is 26.3 Å². The van der Waals surface area contributed by atoms with Crippen molar-refractivity contribution in [3.63, 3.8) is 0 Å². The Morgan fingerprint density at radius 2 is 2.07 bits per heavy atom. The molecule has 0 radical (unpaired) electrons. The average molecular weight is 213 g/mol. The van der Waals surface area contributed by atoms with Gasteiger partial charge in [-0.1, -0.05) is 20.8 Å². The molecule has 1 aliphatic rings. The van der Waals surface area contributed by atoms with Crippen LogP contribution >= 0.6 is 0 Å². The number of hydrogen-bond acceptors (Lipinski definition) is 2. The highest BCUT2D eigenvalue weighted by Gasteiger charge is 2.24. The summed E-state index contributed by atoms with van der Waals surface area (Å²) in [5, 5.41) is 3.70. The van der Waals surface area contributed by atoms with Gasteiger partial charge in [0.1, 0.15) is 0 Å². The predicted octanol–water partition coefficient (Wildman–Crippen LogP) is 2.68. The van der Waals surface area contributed by atoms with Crippen LogP contribution < -0.4 is 5.32 Å². The van der Waals surface area contributed by atoms with Crippen LogP contribution in [0.25, 0.3) is 0 Å². The fraction of sp³-hybridized carbons (Fsp3) is 1.00. The summed E-state index contributed by atoms with van der Waals surface area (Å²) < 4.78 is 5.15. The first-order valence-corrected chi connectivity index (χ1v) is 6.35. The van der Waals surface area contributed by atoms with Crippen LogP contribution in [0.3, 0.4) is 0 Å². The van der Waals surface area contributed by atoms with Gasteiger partial charge in [-0.15, -0.1) is 0 Å². The normalized spacial score (nSPS) is 34.0. The maximum absolute atomic E-state index is 5.15. The molecule has 90 valence electrons. The van der Waals surface area contributed by atoms with Crippen molar-refractivity contribution in [1.29, 1.82) is 0 Å². The highest BCUT2D eigenvalue weighted by atomic mass is 16.5. The molecule has 0 aromatic rings. The van der Waals surface area contributed by atoms with E-state index in [2.05, 4.69) is 26.1 Å². The standard InChI is InChI=1S/C13H27NO/c1-10-5-6-13(12(3)7-10)14-8-11(2)9-15-4/h10-14H,5-9H2,1-4H3. The summed E-state index contributed by atoms with van der Waals surface area (Å²) in [7, 11) is 1.78. The molecule has 4 atom stereocenters. The van der Waals surface area contributed by atoms with Crippen molar-refractivity contribution in [2.75, 3.05) is 20.3 Å². The van der Waals surface area contributed by atoms with E-state index in [1.807, 2.05) is 0 Å². The molecule has 1 rings (SSSR count). The summed E-state index contributed by atoms with van der Waals surface area (Å²) in [6.07, 6.45) is 4.12. The number of nitrogens with one attached hydrogen (secondary N) is 1. The molecule has 1 fully saturated rings. The SMILES string of the molecule is COCC(C)CNC1CCC(C)CC1C. The van der Waals surface area contributed by atoms with Gasteiger partial charge in [-0.25, -0.2) is 0 Å². The van der Waals surface area contributed by atoms with E-state index in [1.165, 1.54) is 19.3 Å². The molecule has 0 aromatic carbocycles. The van der Waals surface area contributed by atoms with Gasteiger partial charge in [0.2, 0.25) is 0 Å². The lowest BCUT2D eigenvalue weighted by Crippen LogP contribution is -2.41. The van der Waals surface area contributed by atoms with Crippen LogP contribution in [0.4, 0.5) is 0 Å². The van der Waals surface area contributed by atoms with E-state index < -0.39 is 0 Å². The average Bonchev–Trinajstić information content (AvgIpc) is 2.17. The van der Waals surface area contributed by atoms with Crippen LogP contribution in [0.15, 0.2) is 0 Å². The second-order valence-corrected chi connectivity index (χ2v) is 5.47. The highest BCUT2D eigenvalue weighted by molar-refractivity contribution is 4.81. The topological polar surface area (TPSA) is 21.3 Å². The maximum Gasteiger partial charge on any atom is 0.0499 e. The Labute approximate surface area is 94.8 Å². The monoisotopic (exact) mass is 213 g/mol. The Morgan fingerprint density at radius 1 is 1.33 bits per heavy atom. The van der Waals surface area contributed by atoms with Crippen molar-refractivity contribution in [3.8, 4) is 0 Å². The largest absolute Gasteiger partial charge is 0.384 e. The van der Waals surface area contributed by atoms with Gasteiger partial charge in [0.05, 0.1) is 0 Å². The molecule has 15 heavy (non-hydrogen) atoms. The second kappa shape index (κ2) is 6.49. The lowest BCUT2D eigenvalue weighted by molar-refractivity contribution is 0.149. The molecule has 0 heterocycles. The third kappa shape index (κ3) is 4.52. The van der Waals surface area contributed by atoms with Gasteiger partial charge < -0.3 is 10.1 Å². The molecular formula is C13H27NO. The minimum absolute atomic E-state index is 0.626. The van der Waals surface area contributed by atoms with Crippen LogP contribution in [0.2, 0.25) is 0 Å². The van der Waals surface area contributed by atoms with Crippen LogP contribution in [0.1, 0.15) is 40.0 Å². The van der Waals surface area contributed by atoms with E-state index in [0.717, 1.165) is 31.0 Å². The Bertz CT molecular complexity index is 172. The summed E-state index contributed by atoms with van der Waals surface area (Å²) >= 11 is 0. The van der Waals surface area contributed by atoms with Crippen LogP contribution in [0.5, 0.6) is 0 Å².